The van der Waals surface area contributed by atoms with Gasteiger partial charge in [-0.05, 0) is 61.9 Å². The Bertz CT molecular complexity index is 855. The molecule has 1 aromatic carbocycles. The van der Waals surface area contributed by atoms with Crippen molar-refractivity contribution in [2.45, 2.75) is 26.9 Å². The van der Waals surface area contributed by atoms with Gasteiger partial charge in [-0.15, -0.1) is 0 Å². The van der Waals surface area contributed by atoms with Gasteiger partial charge in [-0.3, -0.25) is 9.88 Å². The minimum Gasteiger partial charge on any atom is -0.497 e. The van der Waals surface area contributed by atoms with Crippen LogP contribution in [0.25, 0.3) is 5.57 Å². The monoisotopic (exact) mass is 366 g/mol. The van der Waals surface area contributed by atoms with Gasteiger partial charge in [-0.1, -0.05) is 30.9 Å². The Morgan fingerprint density at radius 1 is 1.26 bits per heavy atom. The van der Waals surface area contributed by atoms with Crippen molar-refractivity contribution in [3.8, 4) is 0 Å². The van der Waals surface area contributed by atoms with Gasteiger partial charge >= 0.3 is 0 Å². The Kier molecular flexibility index (Phi) is 7.50. The van der Waals surface area contributed by atoms with E-state index in [-0.39, 0.29) is 5.82 Å². The normalized spacial score (nSPS) is 12.0. The number of aryl methyl sites for hydroxylation is 1. The summed E-state index contributed by atoms with van der Waals surface area (Å²) in [4.78, 5) is 6.45. The van der Waals surface area contributed by atoms with Crippen LogP contribution in [0.2, 0.25) is 0 Å². The molecule has 2 aromatic rings. The van der Waals surface area contributed by atoms with Crippen LogP contribution in [0, 0.1) is 12.7 Å². The second-order valence-electron chi connectivity index (χ2n) is 6.50. The predicted molar refractivity (Wildman–Crippen MR) is 109 cm³/mol. The fourth-order valence-corrected chi connectivity index (χ4v) is 2.72. The molecule has 1 heterocycles. The zero-order valence-corrected chi connectivity index (χ0v) is 16.5. The van der Waals surface area contributed by atoms with Crippen molar-refractivity contribution in [2.24, 2.45) is 0 Å². The number of rotatable bonds is 8. The molecule has 0 fully saturated rings. The summed E-state index contributed by atoms with van der Waals surface area (Å²) in [6, 6.07) is 9.20. The highest BCUT2D eigenvalue weighted by molar-refractivity contribution is 5.72. The summed E-state index contributed by atoms with van der Waals surface area (Å²) in [5.74, 6) is 0.504. The highest BCUT2D eigenvalue weighted by Gasteiger charge is 2.10. The number of hydrogen-bond acceptors (Lipinski definition) is 3. The number of hydrogen-bond donors (Lipinski definition) is 0. The van der Waals surface area contributed by atoms with E-state index in [2.05, 4.69) is 16.5 Å². The fraction of sp³-hybridized carbons (Fsp3) is 0.261. The highest BCUT2D eigenvalue weighted by atomic mass is 19.1. The van der Waals surface area contributed by atoms with E-state index in [1.165, 1.54) is 6.07 Å². The number of aromatic nitrogens is 1. The van der Waals surface area contributed by atoms with Crippen molar-refractivity contribution in [2.75, 3.05) is 14.2 Å². The number of methoxy groups -OCH3 is 1. The van der Waals surface area contributed by atoms with Crippen LogP contribution < -0.4 is 0 Å². The molecule has 0 bridgehead atoms. The molecule has 3 nitrogen and oxygen atoms in total. The molecule has 0 saturated carbocycles. The number of halogens is 1. The number of pyridine rings is 1. The van der Waals surface area contributed by atoms with Gasteiger partial charge in [0.2, 0.25) is 0 Å². The van der Waals surface area contributed by atoms with E-state index in [0.717, 1.165) is 28.2 Å². The minimum absolute atomic E-state index is 0.232. The zero-order valence-electron chi connectivity index (χ0n) is 16.5. The second-order valence-corrected chi connectivity index (χ2v) is 6.50. The molecule has 2 rings (SSSR count). The largest absolute Gasteiger partial charge is 0.497 e. The molecule has 0 atom stereocenters. The lowest BCUT2D eigenvalue weighted by molar-refractivity contribution is 0.306. The van der Waals surface area contributed by atoms with Crippen molar-refractivity contribution in [1.29, 1.82) is 0 Å². The van der Waals surface area contributed by atoms with Crippen molar-refractivity contribution in [3.05, 3.63) is 95.3 Å². The van der Waals surface area contributed by atoms with Gasteiger partial charge in [-0.2, -0.15) is 0 Å². The van der Waals surface area contributed by atoms with Crippen LogP contribution in [0.15, 0.2) is 67.1 Å². The lowest BCUT2D eigenvalue weighted by Gasteiger charge is -2.18. The Labute approximate surface area is 161 Å². The molecular weight excluding hydrogens is 339 g/mol. The van der Waals surface area contributed by atoms with Gasteiger partial charge in [-0.25, -0.2) is 4.39 Å². The van der Waals surface area contributed by atoms with Crippen LogP contribution in [-0.2, 0) is 17.8 Å². The van der Waals surface area contributed by atoms with Crippen LogP contribution in [-0.4, -0.2) is 24.0 Å². The average Bonchev–Trinajstić information content (AvgIpc) is 2.66. The van der Waals surface area contributed by atoms with Crippen molar-refractivity contribution >= 4 is 5.57 Å². The van der Waals surface area contributed by atoms with Gasteiger partial charge in [0, 0.05) is 24.8 Å². The van der Waals surface area contributed by atoms with Crippen molar-refractivity contribution < 1.29 is 9.13 Å². The Morgan fingerprint density at radius 2 is 2.04 bits per heavy atom. The molecule has 4 heteroatoms. The van der Waals surface area contributed by atoms with Crippen LogP contribution in [0.5, 0.6) is 0 Å². The molecule has 0 N–H and O–H groups in total. The SMILES string of the molecule is C=C(/C=C\C(=C/C)OC)c1ccc(CN(C)Cc2ncccc2C)c(F)c1. The third-order valence-electron chi connectivity index (χ3n) is 4.37. The number of benzene rings is 1. The third kappa shape index (κ3) is 5.90. The lowest BCUT2D eigenvalue weighted by atomic mass is 10.0. The Balaban J connectivity index is 2.05. The van der Waals surface area contributed by atoms with Crippen LogP contribution in [0.4, 0.5) is 4.39 Å². The first-order chi connectivity index (χ1) is 12.9. The zero-order chi connectivity index (χ0) is 19.8. The highest BCUT2D eigenvalue weighted by Crippen LogP contribution is 2.20. The maximum Gasteiger partial charge on any atom is 0.128 e. The topological polar surface area (TPSA) is 25.4 Å². The van der Waals surface area contributed by atoms with E-state index >= 15 is 0 Å². The summed E-state index contributed by atoms with van der Waals surface area (Å²) >= 11 is 0. The number of nitrogens with zero attached hydrogens (tertiary/aromatic N) is 2. The summed E-state index contributed by atoms with van der Waals surface area (Å²) in [6.07, 6.45) is 7.28. The van der Waals surface area contributed by atoms with Crippen LogP contribution in [0.1, 0.15) is 29.3 Å². The third-order valence-corrected chi connectivity index (χ3v) is 4.37. The predicted octanol–water partition coefficient (Wildman–Crippen LogP) is 5.28. The van der Waals surface area contributed by atoms with E-state index in [4.69, 9.17) is 4.74 Å². The molecule has 0 unspecified atom stereocenters. The van der Waals surface area contributed by atoms with Gasteiger partial charge in [0.25, 0.3) is 0 Å². The minimum atomic E-state index is -0.232. The molecule has 1 aromatic heterocycles. The number of ether oxygens (including phenoxy) is 1. The molecule has 0 aliphatic heterocycles. The first kappa shape index (κ1) is 20.6. The average molecular weight is 366 g/mol. The van der Waals surface area contributed by atoms with E-state index in [9.17, 15) is 4.39 Å². The Hall–Kier alpha value is -2.72. The standard InChI is InChI=1S/C23H27FN2O/c1-6-21(27-5)12-9-17(2)19-10-11-20(22(24)14-19)15-26(4)16-23-18(3)8-7-13-25-23/h6-14H,2,15-16H2,1,3-5H3/b12-9-,21-6+. The van der Waals surface area contributed by atoms with E-state index in [0.29, 0.717) is 18.7 Å². The smallest absolute Gasteiger partial charge is 0.128 e. The van der Waals surface area contributed by atoms with Crippen LogP contribution >= 0.6 is 0 Å². The van der Waals surface area contributed by atoms with E-state index in [1.807, 2.05) is 63.4 Å². The van der Waals surface area contributed by atoms with Crippen molar-refractivity contribution in [1.82, 2.24) is 9.88 Å². The molecular formula is C23H27FN2O. The van der Waals surface area contributed by atoms with Gasteiger partial charge < -0.3 is 4.74 Å². The van der Waals surface area contributed by atoms with Gasteiger partial charge in [0.1, 0.15) is 11.6 Å². The first-order valence-corrected chi connectivity index (χ1v) is 8.89. The van der Waals surface area contributed by atoms with E-state index in [1.54, 1.807) is 13.3 Å². The summed E-state index contributed by atoms with van der Waals surface area (Å²) in [6.45, 7) is 9.12. The molecule has 142 valence electrons. The number of allylic oxidation sites excluding steroid dienone is 4. The fourth-order valence-electron chi connectivity index (χ4n) is 2.72. The van der Waals surface area contributed by atoms with Crippen molar-refractivity contribution in [3.63, 3.8) is 0 Å². The summed E-state index contributed by atoms with van der Waals surface area (Å²) in [5.41, 5.74) is 4.28. The first-order valence-electron chi connectivity index (χ1n) is 8.89. The molecule has 0 spiro atoms. The van der Waals surface area contributed by atoms with Gasteiger partial charge in [0.15, 0.2) is 0 Å². The Morgan fingerprint density at radius 3 is 2.67 bits per heavy atom. The molecule has 0 radical (unpaired) electrons. The van der Waals surface area contributed by atoms with Crippen LogP contribution in [0.3, 0.4) is 0 Å². The van der Waals surface area contributed by atoms with E-state index < -0.39 is 0 Å². The summed E-state index contributed by atoms with van der Waals surface area (Å²) in [7, 11) is 3.58. The maximum atomic E-state index is 14.6. The summed E-state index contributed by atoms with van der Waals surface area (Å²) < 4.78 is 19.8. The maximum absolute atomic E-state index is 14.6. The molecule has 0 amide bonds. The van der Waals surface area contributed by atoms with Gasteiger partial charge in [0.05, 0.1) is 12.8 Å². The summed E-state index contributed by atoms with van der Waals surface area (Å²) in [5, 5.41) is 0. The molecule has 0 aliphatic carbocycles. The quantitative estimate of drug-likeness (QED) is 0.469. The molecule has 0 saturated heterocycles. The molecule has 0 aliphatic rings. The lowest BCUT2D eigenvalue weighted by Crippen LogP contribution is -2.19. The second kappa shape index (κ2) is 9.83. The molecule has 27 heavy (non-hydrogen) atoms.